The Morgan fingerprint density at radius 3 is 2.65 bits per heavy atom. The summed E-state index contributed by atoms with van der Waals surface area (Å²) in [5.41, 5.74) is 1.03. The molecule has 0 aliphatic rings. The van der Waals surface area contributed by atoms with Gasteiger partial charge >= 0.3 is 0 Å². The SMILES string of the molecule is CC(C)(C)c1cc(Br)nn1-c1ncccc1Cl. The van der Waals surface area contributed by atoms with E-state index in [0.717, 1.165) is 10.3 Å². The molecule has 0 N–H and O–H groups in total. The molecule has 0 aliphatic carbocycles. The van der Waals surface area contributed by atoms with Crippen LogP contribution in [0, 0.1) is 0 Å². The van der Waals surface area contributed by atoms with Crippen LogP contribution in [0.25, 0.3) is 5.82 Å². The molecule has 0 saturated carbocycles. The maximum absolute atomic E-state index is 6.15. The topological polar surface area (TPSA) is 30.7 Å². The van der Waals surface area contributed by atoms with Crippen LogP contribution in [-0.4, -0.2) is 14.8 Å². The molecule has 0 fully saturated rings. The van der Waals surface area contributed by atoms with Crippen LogP contribution in [0.5, 0.6) is 0 Å². The molecule has 0 spiro atoms. The van der Waals surface area contributed by atoms with Gasteiger partial charge in [-0.05, 0) is 34.1 Å². The number of halogens is 2. The Hall–Kier alpha value is -0.870. The van der Waals surface area contributed by atoms with Gasteiger partial charge in [0.1, 0.15) is 4.60 Å². The van der Waals surface area contributed by atoms with Crippen molar-refractivity contribution in [2.75, 3.05) is 0 Å². The molecule has 0 unspecified atom stereocenters. The Bertz CT molecular complexity index is 543. The van der Waals surface area contributed by atoms with E-state index in [4.69, 9.17) is 11.6 Å². The van der Waals surface area contributed by atoms with Gasteiger partial charge in [0, 0.05) is 11.6 Å². The molecule has 3 nitrogen and oxygen atoms in total. The van der Waals surface area contributed by atoms with E-state index >= 15 is 0 Å². The zero-order valence-corrected chi connectivity index (χ0v) is 12.2. The number of aromatic nitrogens is 3. The van der Waals surface area contributed by atoms with Gasteiger partial charge in [-0.1, -0.05) is 32.4 Å². The van der Waals surface area contributed by atoms with E-state index in [2.05, 4.69) is 46.8 Å². The average molecular weight is 315 g/mol. The second-order valence-electron chi connectivity index (χ2n) is 4.82. The molecule has 0 bridgehead atoms. The van der Waals surface area contributed by atoms with E-state index < -0.39 is 0 Å². The predicted octanol–water partition coefficient (Wildman–Crippen LogP) is 3.98. The zero-order valence-electron chi connectivity index (χ0n) is 9.91. The Morgan fingerprint density at radius 2 is 2.06 bits per heavy atom. The van der Waals surface area contributed by atoms with Crippen molar-refractivity contribution in [2.24, 2.45) is 0 Å². The highest BCUT2D eigenvalue weighted by Crippen LogP contribution is 2.29. The van der Waals surface area contributed by atoms with Gasteiger partial charge in [-0.2, -0.15) is 5.10 Å². The van der Waals surface area contributed by atoms with Crippen molar-refractivity contribution in [3.05, 3.63) is 39.7 Å². The minimum atomic E-state index is -0.0279. The Kier molecular flexibility index (Phi) is 3.27. The summed E-state index contributed by atoms with van der Waals surface area (Å²) in [6.45, 7) is 6.39. The van der Waals surface area contributed by atoms with Gasteiger partial charge in [-0.3, -0.25) is 0 Å². The number of rotatable bonds is 1. The molecule has 0 amide bonds. The highest BCUT2D eigenvalue weighted by atomic mass is 79.9. The summed E-state index contributed by atoms with van der Waals surface area (Å²) in [6, 6.07) is 5.61. The van der Waals surface area contributed by atoms with Crippen LogP contribution in [-0.2, 0) is 5.41 Å². The lowest BCUT2D eigenvalue weighted by Gasteiger charge is -2.19. The van der Waals surface area contributed by atoms with Crippen molar-refractivity contribution in [1.29, 1.82) is 0 Å². The smallest absolute Gasteiger partial charge is 0.172 e. The highest BCUT2D eigenvalue weighted by Gasteiger charge is 2.22. The molecule has 0 saturated heterocycles. The number of nitrogens with zero attached hydrogens (tertiary/aromatic N) is 3. The summed E-state index contributed by atoms with van der Waals surface area (Å²) in [4.78, 5) is 4.28. The van der Waals surface area contributed by atoms with Crippen LogP contribution in [0.3, 0.4) is 0 Å². The molecule has 2 aromatic rings. The van der Waals surface area contributed by atoms with Crippen molar-refractivity contribution >= 4 is 27.5 Å². The number of hydrogen-bond donors (Lipinski definition) is 0. The largest absolute Gasteiger partial charge is 0.236 e. The van der Waals surface area contributed by atoms with Crippen molar-refractivity contribution in [3.63, 3.8) is 0 Å². The molecule has 90 valence electrons. The summed E-state index contributed by atoms with van der Waals surface area (Å²) in [5.74, 6) is 0.657. The van der Waals surface area contributed by atoms with Crippen molar-refractivity contribution in [2.45, 2.75) is 26.2 Å². The monoisotopic (exact) mass is 313 g/mol. The third-order valence-electron chi connectivity index (χ3n) is 2.39. The lowest BCUT2D eigenvalue weighted by atomic mass is 9.92. The van der Waals surface area contributed by atoms with Gasteiger partial charge in [-0.15, -0.1) is 0 Å². The molecular weight excluding hydrogens is 302 g/mol. The minimum absolute atomic E-state index is 0.0279. The van der Waals surface area contributed by atoms with Crippen LogP contribution < -0.4 is 0 Å². The molecule has 2 rings (SSSR count). The second kappa shape index (κ2) is 4.42. The van der Waals surface area contributed by atoms with Crippen LogP contribution in [0.4, 0.5) is 0 Å². The van der Waals surface area contributed by atoms with Crippen molar-refractivity contribution in [1.82, 2.24) is 14.8 Å². The summed E-state index contributed by atoms with van der Waals surface area (Å²) < 4.78 is 2.57. The maximum atomic E-state index is 6.15. The predicted molar refractivity (Wildman–Crippen MR) is 72.8 cm³/mol. The van der Waals surface area contributed by atoms with Gasteiger partial charge in [0.15, 0.2) is 5.82 Å². The van der Waals surface area contributed by atoms with Gasteiger partial charge < -0.3 is 0 Å². The molecule has 17 heavy (non-hydrogen) atoms. The first kappa shape index (κ1) is 12.6. The highest BCUT2D eigenvalue weighted by molar-refractivity contribution is 9.10. The van der Waals surface area contributed by atoms with Crippen LogP contribution in [0.2, 0.25) is 5.02 Å². The Labute approximate surface area is 114 Å². The Morgan fingerprint density at radius 1 is 1.35 bits per heavy atom. The average Bonchev–Trinajstić information content (AvgIpc) is 2.60. The third kappa shape index (κ3) is 2.53. The number of pyridine rings is 1. The zero-order chi connectivity index (χ0) is 12.6. The molecule has 0 aromatic carbocycles. The fourth-order valence-corrected chi connectivity index (χ4v) is 2.16. The molecular formula is C12H13BrClN3. The van der Waals surface area contributed by atoms with Crippen LogP contribution in [0.15, 0.2) is 29.0 Å². The summed E-state index contributed by atoms with van der Waals surface area (Å²) >= 11 is 9.55. The van der Waals surface area contributed by atoms with Crippen LogP contribution >= 0.6 is 27.5 Å². The Balaban J connectivity index is 2.64. The first-order valence-electron chi connectivity index (χ1n) is 5.26. The molecule has 0 atom stereocenters. The summed E-state index contributed by atoms with van der Waals surface area (Å²) in [6.07, 6.45) is 1.71. The van der Waals surface area contributed by atoms with E-state index in [0.29, 0.717) is 10.8 Å². The first-order valence-corrected chi connectivity index (χ1v) is 6.43. The minimum Gasteiger partial charge on any atom is -0.236 e. The van der Waals surface area contributed by atoms with E-state index in [-0.39, 0.29) is 5.41 Å². The molecule has 5 heteroatoms. The fourth-order valence-electron chi connectivity index (χ4n) is 1.58. The lowest BCUT2D eigenvalue weighted by molar-refractivity contribution is 0.541. The normalized spacial score (nSPS) is 11.8. The standard InChI is InChI=1S/C12H13BrClN3/c1-12(2,3)9-7-10(13)16-17(9)11-8(14)5-4-6-15-11/h4-7H,1-3H3. The van der Waals surface area contributed by atoms with Crippen LogP contribution in [0.1, 0.15) is 26.5 Å². The fraction of sp³-hybridized carbons (Fsp3) is 0.333. The number of hydrogen-bond acceptors (Lipinski definition) is 2. The lowest BCUT2D eigenvalue weighted by Crippen LogP contribution is -2.18. The molecule has 2 aromatic heterocycles. The molecule has 2 heterocycles. The van der Waals surface area contributed by atoms with E-state index in [9.17, 15) is 0 Å². The van der Waals surface area contributed by atoms with Crippen molar-refractivity contribution in [3.8, 4) is 5.82 Å². The maximum Gasteiger partial charge on any atom is 0.172 e. The van der Waals surface area contributed by atoms with Crippen molar-refractivity contribution < 1.29 is 0 Å². The van der Waals surface area contributed by atoms with Gasteiger partial charge in [0.25, 0.3) is 0 Å². The molecule has 0 radical (unpaired) electrons. The summed E-state index contributed by atoms with van der Waals surface area (Å²) in [5, 5.41) is 4.99. The quantitative estimate of drug-likeness (QED) is 0.797. The molecule has 0 aliphatic heterocycles. The van der Waals surface area contributed by atoms with Gasteiger partial charge in [0.2, 0.25) is 0 Å². The van der Waals surface area contributed by atoms with E-state index in [1.807, 2.05) is 12.1 Å². The first-order chi connectivity index (χ1) is 7.89. The summed E-state index contributed by atoms with van der Waals surface area (Å²) in [7, 11) is 0. The van der Waals surface area contributed by atoms with E-state index in [1.165, 1.54) is 0 Å². The van der Waals surface area contributed by atoms with Gasteiger partial charge in [0.05, 0.1) is 10.7 Å². The second-order valence-corrected chi connectivity index (χ2v) is 6.04. The third-order valence-corrected chi connectivity index (χ3v) is 3.07. The van der Waals surface area contributed by atoms with E-state index in [1.54, 1.807) is 16.9 Å². The van der Waals surface area contributed by atoms with Gasteiger partial charge in [-0.25, -0.2) is 9.67 Å².